The van der Waals surface area contributed by atoms with Crippen LogP contribution in [0.4, 0.5) is 0 Å². The van der Waals surface area contributed by atoms with E-state index in [1.54, 1.807) is 0 Å². The van der Waals surface area contributed by atoms with Crippen molar-refractivity contribution < 1.29 is 9.53 Å². The van der Waals surface area contributed by atoms with Crippen LogP contribution in [-0.2, 0) is 0 Å². The number of Topliss-reactive ketones (excluding diaryl/α,β-unsaturated/α-hetero) is 1. The van der Waals surface area contributed by atoms with Crippen LogP contribution in [0.3, 0.4) is 0 Å². The summed E-state index contributed by atoms with van der Waals surface area (Å²) >= 11 is 6.12. The van der Waals surface area contributed by atoms with E-state index in [0.717, 1.165) is 27.5 Å². The number of ether oxygens (including phenoxy) is 1. The first kappa shape index (κ1) is 15.6. The zero-order valence-corrected chi connectivity index (χ0v) is 13.1. The molecule has 110 valence electrons. The van der Waals surface area contributed by atoms with Gasteiger partial charge in [-0.1, -0.05) is 41.9 Å². The number of benzene rings is 2. The second-order valence-electron chi connectivity index (χ2n) is 5.11. The van der Waals surface area contributed by atoms with Crippen molar-refractivity contribution in [3.63, 3.8) is 0 Å². The summed E-state index contributed by atoms with van der Waals surface area (Å²) in [6.45, 7) is 4.45. The summed E-state index contributed by atoms with van der Waals surface area (Å²) in [5.74, 6) is 0.962. The van der Waals surface area contributed by atoms with Crippen LogP contribution in [0.5, 0.6) is 5.75 Å². The minimum Gasteiger partial charge on any atom is -0.494 e. The fourth-order valence-electron chi connectivity index (χ4n) is 2.18. The number of aryl methyl sites for hydroxylation is 2. The number of hydrogen-bond acceptors (Lipinski definition) is 2. The first-order chi connectivity index (χ1) is 10.1. The zero-order chi connectivity index (χ0) is 15.2. The topological polar surface area (TPSA) is 26.3 Å². The summed E-state index contributed by atoms with van der Waals surface area (Å²) in [5.41, 5.74) is 2.77. The van der Waals surface area contributed by atoms with Crippen molar-refractivity contribution in [3.05, 3.63) is 64.2 Å². The van der Waals surface area contributed by atoms with Gasteiger partial charge in [-0.3, -0.25) is 4.79 Å². The average molecular weight is 303 g/mol. The average Bonchev–Trinajstić information content (AvgIpc) is 2.49. The Kier molecular flexibility index (Phi) is 5.40. The molecule has 0 aliphatic carbocycles. The highest BCUT2D eigenvalue weighted by molar-refractivity contribution is 6.32. The first-order valence-electron chi connectivity index (χ1n) is 7.05. The van der Waals surface area contributed by atoms with Gasteiger partial charge >= 0.3 is 0 Å². The minimum absolute atomic E-state index is 0.155. The van der Waals surface area contributed by atoms with E-state index in [9.17, 15) is 4.79 Å². The normalized spacial score (nSPS) is 10.4. The van der Waals surface area contributed by atoms with Gasteiger partial charge in [0.25, 0.3) is 0 Å². The van der Waals surface area contributed by atoms with Gasteiger partial charge in [0.1, 0.15) is 5.75 Å². The number of hydrogen-bond donors (Lipinski definition) is 0. The Balaban J connectivity index is 1.81. The molecule has 0 atom stereocenters. The van der Waals surface area contributed by atoms with Crippen molar-refractivity contribution in [2.24, 2.45) is 0 Å². The molecule has 2 aromatic rings. The molecule has 0 amide bonds. The van der Waals surface area contributed by atoms with Crippen LogP contribution in [0.25, 0.3) is 0 Å². The Morgan fingerprint density at radius 3 is 2.33 bits per heavy atom. The third-order valence-electron chi connectivity index (χ3n) is 3.32. The van der Waals surface area contributed by atoms with Gasteiger partial charge in [-0.05, 0) is 43.5 Å². The van der Waals surface area contributed by atoms with Crippen LogP contribution in [0.2, 0.25) is 5.02 Å². The fraction of sp³-hybridized carbons (Fsp3) is 0.278. The third-order valence-corrected chi connectivity index (χ3v) is 3.92. The monoisotopic (exact) mass is 302 g/mol. The van der Waals surface area contributed by atoms with Crippen LogP contribution >= 0.6 is 11.6 Å². The second kappa shape index (κ2) is 7.28. The Hall–Kier alpha value is -1.80. The highest BCUT2D eigenvalue weighted by atomic mass is 35.5. The number of ketones is 1. The summed E-state index contributed by atoms with van der Waals surface area (Å²) < 4.78 is 5.70. The van der Waals surface area contributed by atoms with E-state index in [4.69, 9.17) is 16.3 Å². The maximum absolute atomic E-state index is 11.9. The number of rotatable bonds is 6. The van der Waals surface area contributed by atoms with E-state index >= 15 is 0 Å². The zero-order valence-electron chi connectivity index (χ0n) is 12.4. The fourth-order valence-corrected chi connectivity index (χ4v) is 2.29. The summed E-state index contributed by atoms with van der Waals surface area (Å²) in [6, 6.07) is 13.2. The van der Waals surface area contributed by atoms with Crippen molar-refractivity contribution in [3.8, 4) is 5.75 Å². The molecular weight excluding hydrogens is 284 g/mol. The van der Waals surface area contributed by atoms with E-state index in [0.29, 0.717) is 19.4 Å². The van der Waals surface area contributed by atoms with Crippen LogP contribution in [0.1, 0.15) is 34.3 Å². The molecule has 0 aromatic heterocycles. The van der Waals surface area contributed by atoms with Crippen LogP contribution in [0, 0.1) is 13.8 Å². The molecule has 0 radical (unpaired) electrons. The highest BCUT2D eigenvalue weighted by Gasteiger charge is 2.06. The molecule has 0 heterocycles. The number of halogens is 1. The molecule has 2 nitrogen and oxygen atoms in total. The largest absolute Gasteiger partial charge is 0.494 e. The lowest BCUT2D eigenvalue weighted by atomic mass is 10.1. The lowest BCUT2D eigenvalue weighted by Gasteiger charge is -2.09. The maximum atomic E-state index is 11.9. The molecule has 0 spiro atoms. The lowest BCUT2D eigenvalue weighted by molar-refractivity contribution is 0.0973. The Bertz CT molecular complexity index is 597. The summed E-state index contributed by atoms with van der Waals surface area (Å²) in [6.07, 6.45) is 1.20. The molecule has 0 aliphatic heterocycles. The Morgan fingerprint density at radius 1 is 1.10 bits per heavy atom. The second-order valence-corrected chi connectivity index (χ2v) is 5.49. The standard InChI is InChI=1S/C18H19ClO2/c1-13-11-16(12-14(2)18(13)19)21-10-6-9-17(20)15-7-4-3-5-8-15/h3-5,7-8,11-12H,6,9-10H2,1-2H3. The molecular formula is C18H19ClO2. The van der Waals surface area contributed by atoms with Gasteiger partial charge in [-0.2, -0.15) is 0 Å². The van der Waals surface area contributed by atoms with Crippen molar-refractivity contribution in [2.75, 3.05) is 6.61 Å². The van der Waals surface area contributed by atoms with E-state index < -0.39 is 0 Å². The SMILES string of the molecule is Cc1cc(OCCCC(=O)c2ccccc2)cc(C)c1Cl. The summed E-state index contributed by atoms with van der Waals surface area (Å²) in [4.78, 5) is 11.9. The van der Waals surface area contributed by atoms with Gasteiger partial charge in [-0.25, -0.2) is 0 Å². The molecule has 0 unspecified atom stereocenters. The van der Waals surface area contributed by atoms with Crippen LogP contribution in [0.15, 0.2) is 42.5 Å². The molecule has 3 heteroatoms. The highest BCUT2D eigenvalue weighted by Crippen LogP contribution is 2.25. The van der Waals surface area contributed by atoms with Gasteiger partial charge in [-0.15, -0.1) is 0 Å². The molecule has 0 N–H and O–H groups in total. The predicted octanol–water partition coefficient (Wildman–Crippen LogP) is 5.00. The van der Waals surface area contributed by atoms with E-state index in [2.05, 4.69) is 0 Å². The van der Waals surface area contributed by atoms with Gasteiger partial charge in [0.15, 0.2) is 5.78 Å². The summed E-state index contributed by atoms with van der Waals surface area (Å²) in [7, 11) is 0. The van der Waals surface area contributed by atoms with Crippen LogP contribution < -0.4 is 4.74 Å². The predicted molar refractivity (Wildman–Crippen MR) is 86.4 cm³/mol. The first-order valence-corrected chi connectivity index (χ1v) is 7.43. The maximum Gasteiger partial charge on any atom is 0.163 e. The van der Waals surface area contributed by atoms with Crippen LogP contribution in [-0.4, -0.2) is 12.4 Å². The summed E-state index contributed by atoms with van der Waals surface area (Å²) in [5, 5.41) is 0.779. The molecule has 0 saturated heterocycles. The van der Waals surface area contributed by atoms with Crippen molar-refractivity contribution >= 4 is 17.4 Å². The van der Waals surface area contributed by atoms with Crippen molar-refractivity contribution in [1.82, 2.24) is 0 Å². The molecule has 2 rings (SSSR count). The van der Waals surface area contributed by atoms with Gasteiger partial charge in [0.2, 0.25) is 0 Å². The van der Waals surface area contributed by atoms with Gasteiger partial charge in [0.05, 0.1) is 6.61 Å². The number of carbonyl (C=O) groups is 1. The Morgan fingerprint density at radius 2 is 1.71 bits per heavy atom. The molecule has 21 heavy (non-hydrogen) atoms. The molecule has 0 bridgehead atoms. The Labute approximate surface area is 130 Å². The van der Waals surface area contributed by atoms with Gasteiger partial charge in [0, 0.05) is 17.0 Å². The third kappa shape index (κ3) is 4.33. The van der Waals surface area contributed by atoms with E-state index in [1.807, 2.05) is 56.3 Å². The van der Waals surface area contributed by atoms with Crippen molar-refractivity contribution in [2.45, 2.75) is 26.7 Å². The molecule has 0 saturated carbocycles. The van der Waals surface area contributed by atoms with Crippen molar-refractivity contribution in [1.29, 1.82) is 0 Å². The van der Waals surface area contributed by atoms with E-state index in [1.165, 1.54) is 0 Å². The quantitative estimate of drug-likeness (QED) is 0.554. The van der Waals surface area contributed by atoms with E-state index in [-0.39, 0.29) is 5.78 Å². The lowest BCUT2D eigenvalue weighted by Crippen LogP contribution is -2.04. The number of carbonyl (C=O) groups excluding carboxylic acids is 1. The smallest absolute Gasteiger partial charge is 0.163 e. The molecule has 0 aliphatic rings. The molecule has 2 aromatic carbocycles. The molecule has 0 fully saturated rings. The van der Waals surface area contributed by atoms with Gasteiger partial charge < -0.3 is 4.74 Å². The minimum atomic E-state index is 0.155.